The molecule has 9 heteroatoms. The standard InChI is InChI=1S/C26H28Cl3N3O2S/c27-19-4-7-21(8-5-19)32-17-18(3-10-25(32)23-9-6-20(28)14-24(23)29)15-26(11-12-26)31-35(33,34)22-2-1-13-30-16-22/h1-2,4,6-9,13-14,16,18-19,25,31H,3,5,10-12,15,17H2/t18-,19?,25-/m0/s1. The number of rotatable bonds is 7. The summed E-state index contributed by atoms with van der Waals surface area (Å²) in [5, 5.41) is 1.30. The Morgan fingerprint density at radius 3 is 2.66 bits per heavy atom. The largest absolute Gasteiger partial charge is 0.364 e. The lowest BCUT2D eigenvalue weighted by Gasteiger charge is -2.44. The first-order valence-electron chi connectivity index (χ1n) is 11.9. The zero-order valence-corrected chi connectivity index (χ0v) is 22.3. The Balaban J connectivity index is 1.35. The molecular weight excluding hydrogens is 525 g/mol. The number of alkyl halides is 1. The molecule has 0 bridgehead atoms. The number of piperidine rings is 1. The van der Waals surface area contributed by atoms with Gasteiger partial charge in [0.25, 0.3) is 0 Å². The van der Waals surface area contributed by atoms with Crippen LogP contribution in [0.3, 0.4) is 0 Å². The number of benzene rings is 1. The SMILES string of the molecule is O=S(=O)(NC1(C[C@@H]2CC[C@@H](c3ccc(Cl)cc3Cl)N(C3=CCC(Cl)C=C3)C2)CC1)c1cccnc1. The number of halogens is 3. The number of hydrogen-bond acceptors (Lipinski definition) is 4. The number of nitrogens with zero attached hydrogens (tertiary/aromatic N) is 2. The van der Waals surface area contributed by atoms with E-state index in [1.165, 1.54) is 6.20 Å². The van der Waals surface area contributed by atoms with Crippen LogP contribution in [0.2, 0.25) is 10.0 Å². The van der Waals surface area contributed by atoms with Gasteiger partial charge >= 0.3 is 0 Å². The van der Waals surface area contributed by atoms with Gasteiger partial charge in [0.1, 0.15) is 4.90 Å². The van der Waals surface area contributed by atoms with Crippen molar-refractivity contribution in [2.75, 3.05) is 6.54 Å². The summed E-state index contributed by atoms with van der Waals surface area (Å²) >= 11 is 19.1. The molecule has 1 unspecified atom stereocenters. The second-order valence-corrected chi connectivity index (χ2v) is 12.9. The number of sulfonamides is 1. The Bertz CT molecular complexity index is 1250. The molecule has 2 heterocycles. The van der Waals surface area contributed by atoms with Crippen LogP contribution < -0.4 is 4.72 Å². The molecule has 3 atom stereocenters. The predicted molar refractivity (Wildman–Crippen MR) is 141 cm³/mol. The molecule has 0 radical (unpaired) electrons. The van der Waals surface area contributed by atoms with Crippen molar-refractivity contribution in [3.63, 3.8) is 0 Å². The average Bonchev–Trinajstić information content (AvgIpc) is 3.58. The van der Waals surface area contributed by atoms with E-state index in [1.54, 1.807) is 24.4 Å². The molecule has 0 amide bonds. The van der Waals surface area contributed by atoms with E-state index in [1.807, 2.05) is 18.2 Å². The molecule has 1 saturated heterocycles. The minimum absolute atomic E-state index is 0.00789. The lowest BCUT2D eigenvalue weighted by Crippen LogP contribution is -2.43. The quantitative estimate of drug-likeness (QED) is 0.399. The molecule has 2 aromatic rings. The van der Waals surface area contributed by atoms with E-state index in [2.05, 4.69) is 26.8 Å². The van der Waals surface area contributed by atoms with Crippen molar-refractivity contribution in [2.45, 2.75) is 60.4 Å². The van der Waals surface area contributed by atoms with Crippen molar-refractivity contribution < 1.29 is 8.42 Å². The van der Waals surface area contributed by atoms with Crippen LogP contribution in [0.1, 0.15) is 50.1 Å². The normalized spacial score (nSPS) is 25.9. The Hall–Kier alpha value is -1.57. The van der Waals surface area contributed by atoms with Crippen molar-refractivity contribution in [1.82, 2.24) is 14.6 Å². The van der Waals surface area contributed by atoms with Crippen molar-refractivity contribution in [2.24, 2.45) is 5.92 Å². The molecule has 35 heavy (non-hydrogen) atoms. The fourth-order valence-corrected chi connectivity index (χ4v) is 7.42. The zero-order chi connectivity index (χ0) is 24.6. The minimum atomic E-state index is -3.60. The summed E-state index contributed by atoms with van der Waals surface area (Å²) in [7, 11) is -3.60. The molecule has 5 nitrogen and oxygen atoms in total. The van der Waals surface area contributed by atoms with Gasteiger partial charge in [-0.2, -0.15) is 0 Å². The smallest absolute Gasteiger partial charge is 0.242 e. The van der Waals surface area contributed by atoms with Gasteiger partial charge < -0.3 is 4.90 Å². The number of likely N-dealkylation sites (tertiary alicyclic amines) is 1. The topological polar surface area (TPSA) is 62.3 Å². The fraction of sp³-hybridized carbons (Fsp3) is 0.423. The van der Waals surface area contributed by atoms with Crippen LogP contribution >= 0.6 is 34.8 Å². The molecule has 2 aliphatic carbocycles. The summed E-state index contributed by atoms with van der Waals surface area (Å²) in [6.45, 7) is 0.823. The lowest BCUT2D eigenvalue weighted by atomic mass is 9.84. The maximum atomic E-state index is 13.0. The van der Waals surface area contributed by atoms with Gasteiger partial charge in [-0.3, -0.25) is 4.98 Å². The van der Waals surface area contributed by atoms with E-state index in [9.17, 15) is 8.42 Å². The Morgan fingerprint density at radius 2 is 2.00 bits per heavy atom. The number of nitrogens with one attached hydrogen (secondary N) is 1. The third-order valence-corrected chi connectivity index (χ3v) is 9.64. The highest BCUT2D eigenvalue weighted by atomic mass is 35.5. The highest BCUT2D eigenvalue weighted by molar-refractivity contribution is 7.89. The van der Waals surface area contributed by atoms with E-state index in [0.717, 1.165) is 56.3 Å². The number of hydrogen-bond donors (Lipinski definition) is 1. The molecule has 186 valence electrons. The third kappa shape index (κ3) is 5.72. The molecule has 1 aromatic carbocycles. The van der Waals surface area contributed by atoms with Crippen LogP contribution in [-0.4, -0.2) is 35.8 Å². The van der Waals surface area contributed by atoms with Crippen LogP contribution in [0, 0.1) is 5.92 Å². The fourth-order valence-electron chi connectivity index (χ4n) is 5.29. The van der Waals surface area contributed by atoms with Crippen molar-refractivity contribution in [1.29, 1.82) is 0 Å². The van der Waals surface area contributed by atoms with Crippen LogP contribution in [0.5, 0.6) is 0 Å². The molecule has 2 fully saturated rings. The van der Waals surface area contributed by atoms with Crippen molar-refractivity contribution >= 4 is 44.8 Å². The maximum Gasteiger partial charge on any atom is 0.242 e. The average molecular weight is 553 g/mol. The molecule has 5 rings (SSSR count). The monoisotopic (exact) mass is 551 g/mol. The Morgan fingerprint density at radius 1 is 1.17 bits per heavy atom. The van der Waals surface area contributed by atoms with Crippen molar-refractivity contribution in [3.05, 3.63) is 82.3 Å². The molecule has 1 aromatic heterocycles. The van der Waals surface area contributed by atoms with Gasteiger partial charge in [0.2, 0.25) is 10.0 Å². The lowest BCUT2D eigenvalue weighted by molar-refractivity contribution is 0.137. The predicted octanol–water partition coefficient (Wildman–Crippen LogP) is 6.49. The third-order valence-electron chi connectivity index (χ3n) is 7.19. The molecule has 1 N–H and O–H groups in total. The summed E-state index contributed by atoms with van der Waals surface area (Å²) in [5.41, 5.74) is 1.83. The minimum Gasteiger partial charge on any atom is -0.364 e. The second-order valence-electron chi connectivity index (χ2n) is 9.80. The van der Waals surface area contributed by atoms with Gasteiger partial charge in [-0.05, 0) is 80.3 Å². The highest BCUT2D eigenvalue weighted by Gasteiger charge is 2.48. The van der Waals surface area contributed by atoms with Gasteiger partial charge in [-0.15, -0.1) is 11.6 Å². The van der Waals surface area contributed by atoms with E-state index in [4.69, 9.17) is 34.8 Å². The zero-order valence-electron chi connectivity index (χ0n) is 19.2. The first-order valence-corrected chi connectivity index (χ1v) is 14.6. The molecule has 1 aliphatic heterocycles. The number of allylic oxidation sites excluding steroid dienone is 3. The maximum absolute atomic E-state index is 13.0. The summed E-state index contributed by atoms with van der Waals surface area (Å²) in [5.74, 6) is 0.347. The van der Waals surface area contributed by atoms with Crippen molar-refractivity contribution in [3.8, 4) is 0 Å². The van der Waals surface area contributed by atoms with E-state index >= 15 is 0 Å². The van der Waals surface area contributed by atoms with Crippen LogP contribution in [0.4, 0.5) is 0 Å². The van der Waals surface area contributed by atoms with Gasteiger partial charge in [0.05, 0.1) is 11.4 Å². The Kier molecular flexibility index (Phi) is 7.21. The number of aromatic nitrogens is 1. The van der Waals surface area contributed by atoms with Gasteiger partial charge in [0, 0.05) is 40.2 Å². The van der Waals surface area contributed by atoms with Crippen LogP contribution in [0.25, 0.3) is 0 Å². The molecule has 3 aliphatic rings. The van der Waals surface area contributed by atoms with E-state index in [0.29, 0.717) is 16.0 Å². The summed E-state index contributed by atoms with van der Waals surface area (Å²) in [4.78, 5) is 6.59. The summed E-state index contributed by atoms with van der Waals surface area (Å²) in [6.07, 6.45) is 14.5. The second kappa shape index (κ2) is 10.1. The van der Waals surface area contributed by atoms with E-state index < -0.39 is 10.0 Å². The molecule has 0 spiro atoms. The summed E-state index contributed by atoms with van der Waals surface area (Å²) in [6, 6.07) is 9.06. The van der Waals surface area contributed by atoms with Gasteiger partial charge in [0.15, 0.2) is 0 Å². The first kappa shape index (κ1) is 25.1. The summed E-state index contributed by atoms with van der Waals surface area (Å²) < 4.78 is 28.9. The number of pyridine rings is 1. The Labute approximate surface area is 222 Å². The molecular formula is C26H28Cl3N3O2S. The van der Waals surface area contributed by atoms with Gasteiger partial charge in [-0.1, -0.05) is 41.4 Å². The van der Waals surface area contributed by atoms with Crippen LogP contribution in [-0.2, 0) is 10.0 Å². The highest BCUT2D eigenvalue weighted by Crippen LogP contribution is 2.47. The molecule has 1 saturated carbocycles. The van der Waals surface area contributed by atoms with Gasteiger partial charge in [-0.25, -0.2) is 13.1 Å². The van der Waals surface area contributed by atoms with Crippen LogP contribution in [0.15, 0.2) is 71.5 Å². The van der Waals surface area contributed by atoms with E-state index in [-0.39, 0.29) is 21.9 Å². The first-order chi connectivity index (χ1) is 16.7.